The molecular weight excluding hydrogens is 366 g/mol. The predicted molar refractivity (Wildman–Crippen MR) is 86.6 cm³/mol. The van der Waals surface area contributed by atoms with Crippen LogP contribution in [0.25, 0.3) is 11.0 Å². The molecule has 1 aromatic carbocycles. The number of hydrogen-bond donors (Lipinski definition) is 0. The quantitative estimate of drug-likeness (QED) is 0.704. The van der Waals surface area contributed by atoms with E-state index < -0.39 is 10.0 Å². The van der Waals surface area contributed by atoms with Crippen LogP contribution < -0.4 is 0 Å². The van der Waals surface area contributed by atoms with Crippen LogP contribution >= 0.6 is 15.9 Å². The van der Waals surface area contributed by atoms with Crippen molar-refractivity contribution in [3.8, 4) is 6.07 Å². The van der Waals surface area contributed by atoms with Crippen LogP contribution in [-0.4, -0.2) is 17.4 Å². The standard InChI is InChI=1S/C15H10BrN3O2S/c16-12-8-15-13(18-14(12)9-17)6-7-19(15)22(20,21)10-11-4-2-1-3-5-11/h1-8H,10H2. The number of nitriles is 1. The van der Waals surface area contributed by atoms with Gasteiger partial charge in [-0.1, -0.05) is 30.3 Å². The summed E-state index contributed by atoms with van der Waals surface area (Å²) in [5, 5.41) is 8.97. The highest BCUT2D eigenvalue weighted by Crippen LogP contribution is 2.24. The lowest BCUT2D eigenvalue weighted by Gasteiger charge is -2.08. The third kappa shape index (κ3) is 2.63. The first-order valence-electron chi connectivity index (χ1n) is 6.36. The number of nitrogens with zero attached hydrogens (tertiary/aromatic N) is 3. The fourth-order valence-corrected chi connectivity index (χ4v) is 4.03. The highest BCUT2D eigenvalue weighted by molar-refractivity contribution is 9.10. The Balaban J connectivity index is 2.10. The average Bonchev–Trinajstić information content (AvgIpc) is 2.90. The molecule has 0 radical (unpaired) electrons. The van der Waals surface area contributed by atoms with Crippen LogP contribution in [0.15, 0.2) is 53.1 Å². The van der Waals surface area contributed by atoms with Gasteiger partial charge < -0.3 is 0 Å². The van der Waals surface area contributed by atoms with Crippen LogP contribution in [0.5, 0.6) is 0 Å². The van der Waals surface area contributed by atoms with E-state index >= 15 is 0 Å². The second kappa shape index (κ2) is 5.55. The SMILES string of the molecule is N#Cc1nc2ccn(S(=O)(=O)Cc3ccccc3)c2cc1Br. The smallest absolute Gasteiger partial charge is 0.243 e. The molecule has 2 aromatic heterocycles. The molecule has 0 saturated heterocycles. The van der Waals surface area contributed by atoms with Gasteiger partial charge in [-0.2, -0.15) is 5.26 Å². The Morgan fingerprint density at radius 3 is 2.64 bits per heavy atom. The molecule has 0 aliphatic rings. The second-order valence-corrected chi connectivity index (χ2v) is 7.39. The molecule has 0 spiro atoms. The predicted octanol–water partition coefficient (Wildman–Crippen LogP) is 3.05. The largest absolute Gasteiger partial charge is 0.243 e. The highest BCUT2D eigenvalue weighted by atomic mass is 79.9. The lowest BCUT2D eigenvalue weighted by molar-refractivity contribution is 0.588. The molecule has 5 nitrogen and oxygen atoms in total. The summed E-state index contributed by atoms with van der Waals surface area (Å²) in [6.45, 7) is 0. The van der Waals surface area contributed by atoms with Gasteiger partial charge in [0.15, 0.2) is 5.69 Å². The van der Waals surface area contributed by atoms with Gasteiger partial charge >= 0.3 is 0 Å². The summed E-state index contributed by atoms with van der Waals surface area (Å²) in [6.07, 6.45) is 1.46. The molecule has 0 atom stereocenters. The van der Waals surface area contributed by atoms with Crippen LogP contribution in [0.4, 0.5) is 0 Å². The number of halogens is 1. The van der Waals surface area contributed by atoms with E-state index in [4.69, 9.17) is 5.26 Å². The first-order chi connectivity index (χ1) is 10.5. The molecule has 0 bridgehead atoms. The average molecular weight is 376 g/mol. The number of aromatic nitrogens is 2. The lowest BCUT2D eigenvalue weighted by atomic mass is 10.2. The van der Waals surface area contributed by atoms with Gasteiger partial charge in [-0.3, -0.25) is 0 Å². The van der Waals surface area contributed by atoms with Crippen molar-refractivity contribution in [3.05, 3.63) is 64.4 Å². The first kappa shape index (κ1) is 14.8. The van der Waals surface area contributed by atoms with Crippen LogP contribution in [-0.2, 0) is 15.8 Å². The molecule has 0 amide bonds. The molecule has 110 valence electrons. The molecule has 7 heteroatoms. The van der Waals surface area contributed by atoms with Crippen molar-refractivity contribution < 1.29 is 8.42 Å². The molecule has 3 aromatic rings. The van der Waals surface area contributed by atoms with Gasteiger partial charge in [0.2, 0.25) is 10.0 Å². The maximum atomic E-state index is 12.6. The zero-order chi connectivity index (χ0) is 15.7. The number of pyridine rings is 1. The van der Waals surface area contributed by atoms with Crippen molar-refractivity contribution in [2.24, 2.45) is 0 Å². The highest BCUT2D eigenvalue weighted by Gasteiger charge is 2.18. The minimum atomic E-state index is -3.56. The summed E-state index contributed by atoms with van der Waals surface area (Å²) >= 11 is 3.24. The maximum Gasteiger partial charge on any atom is 0.243 e. The van der Waals surface area contributed by atoms with Gasteiger partial charge in [0, 0.05) is 6.20 Å². The third-order valence-corrected chi connectivity index (χ3v) is 5.41. The summed E-state index contributed by atoms with van der Waals surface area (Å²) in [6, 6.07) is 14.1. The van der Waals surface area contributed by atoms with E-state index in [2.05, 4.69) is 20.9 Å². The van der Waals surface area contributed by atoms with E-state index in [1.165, 1.54) is 10.2 Å². The number of benzene rings is 1. The van der Waals surface area contributed by atoms with Crippen molar-refractivity contribution in [2.45, 2.75) is 5.75 Å². The molecular formula is C15H10BrN3O2S. The van der Waals surface area contributed by atoms with E-state index in [9.17, 15) is 8.42 Å². The van der Waals surface area contributed by atoms with E-state index in [-0.39, 0.29) is 11.4 Å². The fraction of sp³-hybridized carbons (Fsp3) is 0.0667. The van der Waals surface area contributed by atoms with Gasteiger partial charge in [0.1, 0.15) is 6.07 Å². The Labute approximate surface area is 136 Å². The Bertz CT molecular complexity index is 989. The monoisotopic (exact) mass is 375 g/mol. The van der Waals surface area contributed by atoms with Crippen LogP contribution in [0, 0.1) is 11.3 Å². The third-order valence-electron chi connectivity index (χ3n) is 3.19. The van der Waals surface area contributed by atoms with Gasteiger partial charge in [0.25, 0.3) is 0 Å². The molecule has 0 N–H and O–H groups in total. The number of rotatable bonds is 3. The van der Waals surface area contributed by atoms with Crippen molar-refractivity contribution in [1.29, 1.82) is 5.26 Å². The molecule has 0 aliphatic heterocycles. The fourth-order valence-electron chi connectivity index (χ4n) is 2.19. The topological polar surface area (TPSA) is 75.8 Å². The Hall–Kier alpha value is -2.17. The molecule has 3 rings (SSSR count). The molecule has 22 heavy (non-hydrogen) atoms. The van der Waals surface area contributed by atoms with Gasteiger partial charge in [-0.15, -0.1) is 0 Å². The normalized spacial score (nSPS) is 11.5. The molecule has 0 unspecified atom stereocenters. The second-order valence-electron chi connectivity index (χ2n) is 4.69. The van der Waals surface area contributed by atoms with Gasteiger partial charge in [0.05, 0.1) is 21.3 Å². The molecule has 0 aliphatic carbocycles. The molecule has 2 heterocycles. The van der Waals surface area contributed by atoms with Crippen molar-refractivity contribution in [2.75, 3.05) is 0 Å². The van der Waals surface area contributed by atoms with Crippen molar-refractivity contribution in [1.82, 2.24) is 8.96 Å². The zero-order valence-electron chi connectivity index (χ0n) is 11.3. The molecule has 0 fully saturated rings. The Kier molecular flexibility index (Phi) is 3.72. The summed E-state index contributed by atoms with van der Waals surface area (Å²) in [7, 11) is -3.56. The Morgan fingerprint density at radius 1 is 1.23 bits per heavy atom. The summed E-state index contributed by atoms with van der Waals surface area (Å²) < 4.78 is 26.9. The van der Waals surface area contributed by atoms with Crippen molar-refractivity contribution >= 4 is 37.0 Å². The zero-order valence-corrected chi connectivity index (χ0v) is 13.7. The summed E-state index contributed by atoms with van der Waals surface area (Å²) in [4.78, 5) is 4.14. The van der Waals surface area contributed by atoms with Crippen LogP contribution in [0.1, 0.15) is 11.3 Å². The van der Waals surface area contributed by atoms with E-state index in [1.54, 1.807) is 36.4 Å². The summed E-state index contributed by atoms with van der Waals surface area (Å²) in [5.41, 5.74) is 1.86. The first-order valence-corrected chi connectivity index (χ1v) is 8.76. The van der Waals surface area contributed by atoms with Crippen LogP contribution in [0.2, 0.25) is 0 Å². The van der Waals surface area contributed by atoms with Crippen LogP contribution in [0.3, 0.4) is 0 Å². The van der Waals surface area contributed by atoms with E-state index in [1.807, 2.05) is 12.1 Å². The minimum absolute atomic E-state index is 0.102. The maximum absolute atomic E-state index is 12.6. The molecule has 0 saturated carbocycles. The van der Waals surface area contributed by atoms with Gasteiger partial charge in [-0.25, -0.2) is 17.4 Å². The summed E-state index contributed by atoms with van der Waals surface area (Å²) in [5.74, 6) is -0.102. The van der Waals surface area contributed by atoms with E-state index in [0.717, 1.165) is 0 Å². The van der Waals surface area contributed by atoms with Crippen molar-refractivity contribution in [3.63, 3.8) is 0 Å². The lowest BCUT2D eigenvalue weighted by Crippen LogP contribution is -2.14. The Morgan fingerprint density at radius 2 is 1.95 bits per heavy atom. The number of fused-ring (bicyclic) bond motifs is 1. The van der Waals surface area contributed by atoms with Gasteiger partial charge in [-0.05, 0) is 33.6 Å². The minimum Gasteiger partial charge on any atom is -0.243 e. The number of hydrogen-bond acceptors (Lipinski definition) is 4. The van der Waals surface area contributed by atoms with E-state index in [0.29, 0.717) is 21.1 Å².